The molecule has 0 spiro atoms. The van der Waals surface area contributed by atoms with Gasteiger partial charge in [0.15, 0.2) is 0 Å². The molecule has 1 atom stereocenters. The molecule has 1 aliphatic heterocycles. The van der Waals surface area contributed by atoms with Crippen LogP contribution in [0.25, 0.3) is 17.1 Å². The highest BCUT2D eigenvalue weighted by Crippen LogP contribution is 2.41. The van der Waals surface area contributed by atoms with Crippen LogP contribution in [0.4, 0.5) is 5.95 Å². The van der Waals surface area contributed by atoms with Crippen molar-refractivity contribution >= 4 is 40.8 Å². The summed E-state index contributed by atoms with van der Waals surface area (Å²) in [6, 6.07) is 8.55. The number of amides is 3. The molecule has 0 unspecified atom stereocenters. The second-order valence-electron chi connectivity index (χ2n) is 10.2. The summed E-state index contributed by atoms with van der Waals surface area (Å²) in [4.78, 5) is 46.3. The molecule has 41 heavy (non-hydrogen) atoms. The van der Waals surface area contributed by atoms with E-state index in [9.17, 15) is 14.4 Å². The first-order valence-corrected chi connectivity index (χ1v) is 13.4. The molecule has 3 amide bonds. The molecule has 4 N–H and O–H groups in total. The van der Waals surface area contributed by atoms with Crippen molar-refractivity contribution in [3.63, 3.8) is 0 Å². The molecule has 5 rings (SSSR count). The Morgan fingerprint density at radius 2 is 1.98 bits per heavy atom. The lowest BCUT2D eigenvalue weighted by atomic mass is 9.94. The number of nitrogens with one attached hydrogen (secondary N) is 2. The number of hydrogen-bond donors (Lipinski definition) is 3. The summed E-state index contributed by atoms with van der Waals surface area (Å²) in [6.07, 6.45) is 7.80. The highest BCUT2D eigenvalue weighted by Gasteiger charge is 2.37. The van der Waals surface area contributed by atoms with E-state index in [0.717, 1.165) is 11.3 Å². The second kappa shape index (κ2) is 11.2. The van der Waals surface area contributed by atoms with Gasteiger partial charge in [0.05, 0.1) is 16.7 Å². The van der Waals surface area contributed by atoms with Crippen LogP contribution >= 0.6 is 0 Å². The van der Waals surface area contributed by atoms with Crippen molar-refractivity contribution in [1.29, 1.82) is 0 Å². The zero-order chi connectivity index (χ0) is 29.1. The predicted octanol–water partition coefficient (Wildman–Crippen LogP) is 3.02. The van der Waals surface area contributed by atoms with E-state index >= 15 is 0 Å². The monoisotopic (exact) mass is 556 g/mol. The van der Waals surface area contributed by atoms with Gasteiger partial charge >= 0.3 is 0 Å². The number of primary amides is 1. The number of hydrogen-bond acceptors (Lipinski definition) is 7. The summed E-state index contributed by atoms with van der Waals surface area (Å²) < 4.78 is 9.70. The average Bonchev–Trinajstić information content (AvgIpc) is 3.53. The van der Waals surface area contributed by atoms with Crippen LogP contribution in [0.2, 0.25) is 0 Å². The number of aromatic nitrogens is 5. The molecule has 4 heterocycles. The van der Waals surface area contributed by atoms with E-state index in [4.69, 9.17) is 15.5 Å². The Morgan fingerprint density at radius 1 is 1.20 bits per heavy atom. The Hall–Kier alpha value is -5.00. The van der Waals surface area contributed by atoms with E-state index in [1.54, 1.807) is 41.4 Å². The van der Waals surface area contributed by atoms with Gasteiger partial charge < -0.3 is 15.8 Å². The molecular formula is C29H32N8O4. The van der Waals surface area contributed by atoms with E-state index in [-0.39, 0.29) is 24.0 Å². The Kier molecular flexibility index (Phi) is 7.56. The molecule has 0 radical (unpaired) electrons. The van der Waals surface area contributed by atoms with Gasteiger partial charge in [0, 0.05) is 37.1 Å². The standard InChI is InChI=1S/C29H32N8O4/c1-4-36-22(14-18(2)35-36)27(40)34-28-33-21-15-20(26(30)39)16-23-25(21)37(28)29(3,17-41-23)10-5-11-32-24(38)7-6-19-8-12-31-13-9-19/h6-9,12-16H,4-5,10-11,17H2,1-3H3,(H2,30,39)(H,32,38)(H,33,34,40)/b7-6+/t29-/m0/s1. The van der Waals surface area contributed by atoms with Gasteiger partial charge in [0.2, 0.25) is 17.8 Å². The summed E-state index contributed by atoms with van der Waals surface area (Å²) in [7, 11) is 0. The molecule has 0 saturated carbocycles. The number of imidazole rings is 1. The number of nitrogens with zero attached hydrogens (tertiary/aromatic N) is 5. The van der Waals surface area contributed by atoms with Crippen molar-refractivity contribution in [2.24, 2.45) is 5.73 Å². The summed E-state index contributed by atoms with van der Waals surface area (Å²) in [5, 5.41) is 10.2. The maximum absolute atomic E-state index is 13.4. The average molecular weight is 557 g/mol. The van der Waals surface area contributed by atoms with Crippen molar-refractivity contribution in [2.75, 3.05) is 18.5 Å². The van der Waals surface area contributed by atoms with Gasteiger partial charge in [-0.1, -0.05) is 0 Å². The quantitative estimate of drug-likeness (QED) is 0.200. The number of ether oxygens (including phenoxy) is 1. The number of anilines is 1. The number of carbonyl (C=O) groups is 3. The topological polar surface area (TPSA) is 159 Å². The number of benzene rings is 1. The van der Waals surface area contributed by atoms with Crippen LogP contribution in [-0.4, -0.2) is 55.2 Å². The third-order valence-electron chi connectivity index (χ3n) is 7.06. The van der Waals surface area contributed by atoms with Gasteiger partial charge in [-0.15, -0.1) is 0 Å². The first-order valence-electron chi connectivity index (χ1n) is 13.4. The van der Waals surface area contributed by atoms with Crippen LogP contribution in [0, 0.1) is 6.92 Å². The first kappa shape index (κ1) is 27.6. The van der Waals surface area contributed by atoms with E-state index in [1.807, 2.05) is 37.5 Å². The minimum absolute atomic E-state index is 0.197. The molecule has 0 aliphatic carbocycles. The molecule has 212 valence electrons. The fourth-order valence-corrected chi connectivity index (χ4v) is 5.04. The van der Waals surface area contributed by atoms with Gasteiger partial charge in [-0.05, 0) is 75.6 Å². The van der Waals surface area contributed by atoms with Gasteiger partial charge in [-0.2, -0.15) is 5.10 Å². The number of carbonyl (C=O) groups excluding carboxylic acids is 3. The minimum atomic E-state index is -0.614. The second-order valence-corrected chi connectivity index (χ2v) is 10.2. The molecular weight excluding hydrogens is 524 g/mol. The van der Waals surface area contributed by atoms with E-state index in [0.29, 0.717) is 54.4 Å². The molecule has 0 bridgehead atoms. The smallest absolute Gasteiger partial charge is 0.276 e. The fourth-order valence-electron chi connectivity index (χ4n) is 5.04. The molecule has 3 aromatic heterocycles. The minimum Gasteiger partial charge on any atom is -0.489 e. The van der Waals surface area contributed by atoms with E-state index in [2.05, 4.69) is 20.7 Å². The number of rotatable bonds is 10. The largest absolute Gasteiger partial charge is 0.489 e. The third-order valence-corrected chi connectivity index (χ3v) is 7.06. The third kappa shape index (κ3) is 5.67. The highest BCUT2D eigenvalue weighted by molar-refractivity contribution is 6.04. The maximum Gasteiger partial charge on any atom is 0.276 e. The molecule has 0 fully saturated rings. The van der Waals surface area contributed by atoms with E-state index < -0.39 is 11.4 Å². The van der Waals surface area contributed by atoms with Crippen LogP contribution in [-0.2, 0) is 16.9 Å². The highest BCUT2D eigenvalue weighted by atomic mass is 16.5. The molecule has 1 aromatic carbocycles. The molecule has 12 heteroatoms. The van der Waals surface area contributed by atoms with Crippen molar-refractivity contribution in [1.82, 2.24) is 29.6 Å². The number of aryl methyl sites for hydroxylation is 2. The Bertz CT molecular complexity index is 1660. The van der Waals surface area contributed by atoms with Crippen LogP contribution in [0.3, 0.4) is 0 Å². The van der Waals surface area contributed by atoms with Gasteiger partial charge in [0.25, 0.3) is 5.91 Å². The number of nitrogens with two attached hydrogens (primary N) is 1. The van der Waals surface area contributed by atoms with Crippen molar-refractivity contribution < 1.29 is 19.1 Å². The summed E-state index contributed by atoms with van der Waals surface area (Å²) in [5.74, 6) is -0.360. The maximum atomic E-state index is 13.4. The lowest BCUT2D eigenvalue weighted by Gasteiger charge is -2.37. The fraction of sp³-hybridized carbons (Fsp3) is 0.310. The lowest BCUT2D eigenvalue weighted by molar-refractivity contribution is -0.116. The normalized spacial score (nSPS) is 16.1. The lowest BCUT2D eigenvalue weighted by Crippen LogP contribution is -2.41. The Labute approximate surface area is 236 Å². The van der Waals surface area contributed by atoms with E-state index in [1.165, 1.54) is 6.08 Å². The molecule has 1 aliphatic rings. The van der Waals surface area contributed by atoms with Gasteiger partial charge in [0.1, 0.15) is 23.6 Å². The van der Waals surface area contributed by atoms with Crippen LogP contribution in [0.15, 0.2) is 48.8 Å². The van der Waals surface area contributed by atoms with Crippen LogP contribution < -0.4 is 21.1 Å². The molecule has 12 nitrogen and oxygen atoms in total. The molecule has 0 saturated heterocycles. The number of pyridine rings is 1. The Balaban J connectivity index is 1.38. The van der Waals surface area contributed by atoms with Crippen molar-refractivity contribution in [2.45, 2.75) is 45.7 Å². The predicted molar refractivity (Wildman–Crippen MR) is 153 cm³/mol. The SMILES string of the molecule is CCn1nc(C)cc1C(=O)Nc1nc2cc(C(N)=O)cc3c2n1[C@@](C)(CCCNC(=O)/C=C/c1ccncc1)CO3. The first-order chi connectivity index (χ1) is 19.7. The van der Waals surface area contributed by atoms with Gasteiger partial charge in [-0.25, -0.2) is 4.98 Å². The van der Waals surface area contributed by atoms with Gasteiger partial charge in [-0.3, -0.25) is 33.9 Å². The van der Waals surface area contributed by atoms with Crippen LogP contribution in [0.5, 0.6) is 5.75 Å². The van der Waals surface area contributed by atoms with Crippen molar-refractivity contribution in [3.05, 3.63) is 71.3 Å². The van der Waals surface area contributed by atoms with Crippen LogP contribution in [0.1, 0.15) is 58.8 Å². The zero-order valence-electron chi connectivity index (χ0n) is 23.2. The van der Waals surface area contributed by atoms with Crippen molar-refractivity contribution in [3.8, 4) is 5.75 Å². The zero-order valence-corrected chi connectivity index (χ0v) is 23.2. The summed E-state index contributed by atoms with van der Waals surface area (Å²) in [5.41, 5.74) is 8.36. The molecule has 4 aromatic rings. The summed E-state index contributed by atoms with van der Waals surface area (Å²) in [6.45, 7) is 7.00. The Morgan fingerprint density at radius 3 is 2.71 bits per heavy atom. The summed E-state index contributed by atoms with van der Waals surface area (Å²) >= 11 is 0.